The van der Waals surface area contributed by atoms with Gasteiger partial charge in [0.2, 0.25) is 0 Å². The molecular weight excluding hydrogens is 304 g/mol. The Morgan fingerprint density at radius 1 is 1.17 bits per heavy atom. The van der Waals surface area contributed by atoms with E-state index in [-0.39, 0.29) is 0 Å². The van der Waals surface area contributed by atoms with Crippen LogP contribution in [0.3, 0.4) is 0 Å². The minimum atomic E-state index is 0.707. The van der Waals surface area contributed by atoms with Gasteiger partial charge in [-0.05, 0) is 55.6 Å². The molecule has 24 heavy (non-hydrogen) atoms. The average molecular weight is 326 g/mol. The first-order valence-electron chi connectivity index (χ1n) is 8.39. The molecule has 0 amide bonds. The zero-order valence-corrected chi connectivity index (χ0v) is 14.1. The molecule has 3 aliphatic rings. The number of fused-ring (bicyclic) bond motifs is 3. The van der Waals surface area contributed by atoms with E-state index in [4.69, 9.17) is 14.0 Å². The number of hydrogen-bond acceptors (Lipinski definition) is 5. The normalized spacial score (nSPS) is 24.3. The summed E-state index contributed by atoms with van der Waals surface area (Å²) >= 11 is 0. The largest absolute Gasteiger partial charge is 0.497 e. The minimum absolute atomic E-state index is 0.707. The first kappa shape index (κ1) is 15.3. The monoisotopic (exact) mass is 326 g/mol. The van der Waals surface area contributed by atoms with Crippen molar-refractivity contribution in [2.24, 2.45) is 5.92 Å². The Hall–Kier alpha value is -2.27. The molecule has 0 unspecified atom stereocenters. The van der Waals surface area contributed by atoms with E-state index in [1.54, 1.807) is 14.2 Å². The van der Waals surface area contributed by atoms with Crippen LogP contribution >= 0.6 is 0 Å². The standard InChI is InChI=1S/C19H22N2O3/c1-22-15-3-4-17(19(11-15)23-2)18-10-16(24-20-18)9-14-12-21-7-5-13(14)6-8-21/h3-4,9-11,13H,5-8,12H2,1-2H3. The van der Waals surface area contributed by atoms with Gasteiger partial charge in [0.25, 0.3) is 0 Å². The molecule has 3 fully saturated rings. The maximum atomic E-state index is 5.55. The maximum absolute atomic E-state index is 5.55. The van der Waals surface area contributed by atoms with Gasteiger partial charge in [0.1, 0.15) is 17.2 Å². The predicted molar refractivity (Wildman–Crippen MR) is 92.2 cm³/mol. The second kappa shape index (κ2) is 6.32. The van der Waals surface area contributed by atoms with Crippen LogP contribution in [0.1, 0.15) is 18.6 Å². The molecule has 1 aromatic heterocycles. The van der Waals surface area contributed by atoms with Crippen LogP contribution in [0.4, 0.5) is 0 Å². The Kier molecular flexibility index (Phi) is 4.02. The zero-order chi connectivity index (χ0) is 16.5. The Labute approximate surface area is 141 Å². The molecule has 5 nitrogen and oxygen atoms in total. The van der Waals surface area contributed by atoms with Crippen LogP contribution in [0.2, 0.25) is 0 Å². The van der Waals surface area contributed by atoms with Crippen molar-refractivity contribution in [1.82, 2.24) is 10.1 Å². The topological polar surface area (TPSA) is 47.7 Å². The molecule has 0 N–H and O–H groups in total. The second-order valence-corrected chi connectivity index (χ2v) is 6.45. The van der Waals surface area contributed by atoms with E-state index < -0.39 is 0 Å². The molecule has 5 heteroatoms. The van der Waals surface area contributed by atoms with Crippen molar-refractivity contribution >= 4 is 6.08 Å². The van der Waals surface area contributed by atoms with Crippen molar-refractivity contribution in [3.63, 3.8) is 0 Å². The molecule has 0 saturated carbocycles. The van der Waals surface area contributed by atoms with Gasteiger partial charge in [0.05, 0.1) is 14.2 Å². The summed E-state index contributed by atoms with van der Waals surface area (Å²) in [5.74, 6) is 3.00. The van der Waals surface area contributed by atoms with E-state index in [0.717, 1.165) is 35.1 Å². The quantitative estimate of drug-likeness (QED) is 0.861. The SMILES string of the molecule is COc1ccc(-c2cc(C=C3CN4CCC3CC4)on2)c(OC)c1. The van der Waals surface area contributed by atoms with Crippen molar-refractivity contribution in [3.05, 3.63) is 35.6 Å². The van der Waals surface area contributed by atoms with Gasteiger partial charge in [-0.2, -0.15) is 0 Å². The van der Waals surface area contributed by atoms with Gasteiger partial charge in [-0.25, -0.2) is 0 Å². The van der Waals surface area contributed by atoms with Crippen molar-refractivity contribution in [2.75, 3.05) is 33.9 Å². The number of benzene rings is 1. The lowest BCUT2D eigenvalue weighted by molar-refractivity contribution is 0.163. The van der Waals surface area contributed by atoms with E-state index in [0.29, 0.717) is 5.92 Å². The summed E-state index contributed by atoms with van der Waals surface area (Å²) in [4.78, 5) is 2.51. The summed E-state index contributed by atoms with van der Waals surface area (Å²) < 4.78 is 16.3. The Balaban J connectivity index is 1.61. The molecule has 5 rings (SSSR count). The molecule has 0 spiro atoms. The van der Waals surface area contributed by atoms with Gasteiger partial charge >= 0.3 is 0 Å². The number of aromatic nitrogens is 1. The van der Waals surface area contributed by atoms with Crippen LogP contribution in [-0.2, 0) is 0 Å². The van der Waals surface area contributed by atoms with Crippen LogP contribution in [0, 0.1) is 5.92 Å². The van der Waals surface area contributed by atoms with Gasteiger partial charge < -0.3 is 14.0 Å². The van der Waals surface area contributed by atoms with Crippen molar-refractivity contribution < 1.29 is 14.0 Å². The molecule has 0 atom stereocenters. The van der Waals surface area contributed by atoms with Gasteiger partial charge in [-0.1, -0.05) is 5.16 Å². The third-order valence-electron chi connectivity index (χ3n) is 5.06. The van der Waals surface area contributed by atoms with E-state index in [1.165, 1.54) is 31.5 Å². The van der Waals surface area contributed by atoms with E-state index in [2.05, 4.69) is 16.1 Å². The summed E-state index contributed by atoms with van der Waals surface area (Å²) in [5, 5.41) is 4.22. The highest BCUT2D eigenvalue weighted by Gasteiger charge is 2.29. The highest BCUT2D eigenvalue weighted by Crippen LogP contribution is 2.35. The fourth-order valence-corrected chi connectivity index (χ4v) is 3.69. The molecule has 126 valence electrons. The molecule has 3 aliphatic heterocycles. The number of methoxy groups -OCH3 is 2. The summed E-state index contributed by atoms with van der Waals surface area (Å²) in [6.45, 7) is 3.52. The van der Waals surface area contributed by atoms with Crippen LogP contribution in [0.5, 0.6) is 11.5 Å². The fraction of sp³-hybridized carbons (Fsp3) is 0.421. The van der Waals surface area contributed by atoms with E-state index >= 15 is 0 Å². The number of piperidine rings is 3. The number of ether oxygens (including phenoxy) is 2. The Morgan fingerprint density at radius 3 is 2.67 bits per heavy atom. The maximum Gasteiger partial charge on any atom is 0.160 e. The van der Waals surface area contributed by atoms with Gasteiger partial charge in [-0.15, -0.1) is 0 Å². The molecule has 0 aliphatic carbocycles. The fourth-order valence-electron chi connectivity index (χ4n) is 3.69. The average Bonchev–Trinajstić information content (AvgIpc) is 3.10. The molecule has 4 heterocycles. The summed E-state index contributed by atoms with van der Waals surface area (Å²) in [6, 6.07) is 7.68. The summed E-state index contributed by atoms with van der Waals surface area (Å²) in [6.07, 6.45) is 4.70. The van der Waals surface area contributed by atoms with Gasteiger partial charge in [0.15, 0.2) is 5.76 Å². The van der Waals surface area contributed by atoms with Crippen molar-refractivity contribution in [1.29, 1.82) is 0 Å². The molecule has 2 bridgehead atoms. The lowest BCUT2D eigenvalue weighted by Gasteiger charge is -2.40. The Morgan fingerprint density at radius 2 is 2.00 bits per heavy atom. The molecule has 2 aromatic rings. The van der Waals surface area contributed by atoms with Crippen molar-refractivity contribution in [3.8, 4) is 22.8 Å². The smallest absolute Gasteiger partial charge is 0.160 e. The van der Waals surface area contributed by atoms with Crippen LogP contribution < -0.4 is 9.47 Å². The third-order valence-corrected chi connectivity index (χ3v) is 5.06. The minimum Gasteiger partial charge on any atom is -0.497 e. The third kappa shape index (κ3) is 2.80. The molecular formula is C19H22N2O3. The number of rotatable bonds is 4. The van der Waals surface area contributed by atoms with Crippen LogP contribution in [-0.4, -0.2) is 43.9 Å². The van der Waals surface area contributed by atoms with Gasteiger partial charge in [0, 0.05) is 24.2 Å². The first-order chi connectivity index (χ1) is 11.8. The van der Waals surface area contributed by atoms with E-state index in [9.17, 15) is 0 Å². The number of nitrogens with zero attached hydrogens (tertiary/aromatic N) is 2. The predicted octanol–water partition coefficient (Wildman–Crippen LogP) is 3.47. The number of hydrogen-bond donors (Lipinski definition) is 0. The lowest BCUT2D eigenvalue weighted by atomic mass is 9.83. The lowest BCUT2D eigenvalue weighted by Crippen LogP contribution is -2.42. The van der Waals surface area contributed by atoms with Crippen LogP contribution in [0.25, 0.3) is 17.3 Å². The summed E-state index contributed by atoms with van der Waals surface area (Å²) in [7, 11) is 3.29. The first-order valence-corrected chi connectivity index (χ1v) is 8.39. The second-order valence-electron chi connectivity index (χ2n) is 6.45. The molecule has 3 saturated heterocycles. The van der Waals surface area contributed by atoms with Crippen LogP contribution in [0.15, 0.2) is 34.4 Å². The molecule has 1 aromatic carbocycles. The van der Waals surface area contributed by atoms with E-state index in [1.807, 2.05) is 24.3 Å². The highest BCUT2D eigenvalue weighted by atomic mass is 16.5. The Bertz CT molecular complexity index is 758. The highest BCUT2D eigenvalue weighted by molar-refractivity contribution is 5.70. The molecule has 0 radical (unpaired) electrons. The van der Waals surface area contributed by atoms with Gasteiger partial charge in [-0.3, -0.25) is 4.90 Å². The zero-order valence-electron chi connectivity index (χ0n) is 14.1. The van der Waals surface area contributed by atoms with Crippen molar-refractivity contribution in [2.45, 2.75) is 12.8 Å². The summed E-state index contributed by atoms with van der Waals surface area (Å²) in [5.41, 5.74) is 3.15.